The normalized spacial score (nSPS) is 12.3. The topological polar surface area (TPSA) is 46.2 Å². The van der Waals surface area contributed by atoms with Crippen molar-refractivity contribution in [3.8, 4) is 0 Å². The fourth-order valence-corrected chi connectivity index (χ4v) is 7.00. The molecule has 1 N–H and O–H groups in total. The monoisotopic (exact) mass is 293 g/mol. The summed E-state index contributed by atoms with van der Waals surface area (Å²) in [6.45, 7) is 3.18. The third-order valence-electron chi connectivity index (χ3n) is 2.62. The van der Waals surface area contributed by atoms with E-state index in [1.165, 1.54) is 0 Å². The third kappa shape index (κ3) is 3.45. The van der Waals surface area contributed by atoms with Crippen LogP contribution in [0.15, 0.2) is 60.7 Å². The summed E-state index contributed by atoms with van der Waals surface area (Å²) in [6.07, 6.45) is 0. The van der Waals surface area contributed by atoms with Gasteiger partial charge in [-0.2, -0.15) is 0 Å². The second kappa shape index (κ2) is 5.46. The van der Waals surface area contributed by atoms with E-state index in [9.17, 15) is 9.13 Å². The van der Waals surface area contributed by atoms with E-state index in [-0.39, 0.29) is 0 Å². The van der Waals surface area contributed by atoms with Crippen molar-refractivity contribution in [3.05, 3.63) is 60.7 Å². The lowest BCUT2D eigenvalue weighted by Crippen LogP contribution is -2.25. The van der Waals surface area contributed by atoms with E-state index in [2.05, 4.69) is 4.86 Å². The predicted octanol–water partition coefficient (Wildman–Crippen LogP) is 3.04. The maximum atomic E-state index is 13.3. The highest BCUT2D eigenvalue weighted by atomic mass is 31.2. The summed E-state index contributed by atoms with van der Waals surface area (Å²) in [5.74, 6) is 0. The summed E-state index contributed by atoms with van der Waals surface area (Å²) in [5, 5.41) is 1.34. The molecule has 0 aliphatic heterocycles. The van der Waals surface area contributed by atoms with Crippen molar-refractivity contribution in [3.63, 3.8) is 0 Å². The molecule has 0 heterocycles. The molecule has 0 aliphatic rings. The largest absolute Gasteiger partial charge is 0.307 e. The van der Waals surface area contributed by atoms with Gasteiger partial charge in [0.2, 0.25) is 7.29 Å². The molecule has 3 nitrogen and oxygen atoms in total. The number of hydrogen-bond acceptors (Lipinski definition) is 2. The van der Waals surface area contributed by atoms with Crippen LogP contribution in [0.4, 0.5) is 0 Å². The van der Waals surface area contributed by atoms with Gasteiger partial charge in [0.15, 0.2) is 0 Å². The highest BCUT2D eigenvalue weighted by Gasteiger charge is 2.30. The minimum absolute atomic E-state index is 0.671. The van der Waals surface area contributed by atoms with Crippen molar-refractivity contribution in [1.82, 2.24) is 4.86 Å². The molecule has 19 heavy (non-hydrogen) atoms. The lowest BCUT2D eigenvalue weighted by atomic mass is 10.4. The smallest absolute Gasteiger partial charge is 0.210 e. The first-order chi connectivity index (χ1) is 8.92. The van der Waals surface area contributed by atoms with Crippen LogP contribution in [0.25, 0.3) is 0 Å². The lowest BCUT2D eigenvalue weighted by Gasteiger charge is -2.22. The molecule has 0 bridgehead atoms. The Labute approximate surface area is 113 Å². The Morgan fingerprint density at radius 2 is 1.11 bits per heavy atom. The van der Waals surface area contributed by atoms with E-state index >= 15 is 0 Å². The number of nitrogens with one attached hydrogen (secondary N) is 1. The van der Waals surface area contributed by atoms with Gasteiger partial charge in [0.05, 0.1) is 0 Å². The van der Waals surface area contributed by atoms with Gasteiger partial charge in [0, 0.05) is 23.9 Å². The minimum atomic E-state index is -3.06. The van der Waals surface area contributed by atoms with E-state index in [4.69, 9.17) is 0 Å². The molecule has 0 unspecified atom stereocenters. The van der Waals surface area contributed by atoms with Gasteiger partial charge in [-0.25, -0.2) is 4.86 Å². The summed E-state index contributed by atoms with van der Waals surface area (Å²) in [4.78, 5) is 2.88. The highest BCUT2D eigenvalue weighted by molar-refractivity contribution is 7.85. The van der Waals surface area contributed by atoms with Crippen LogP contribution in [0.5, 0.6) is 0 Å². The molecule has 2 aromatic carbocycles. The van der Waals surface area contributed by atoms with E-state index in [0.29, 0.717) is 10.6 Å². The molecule has 5 heteroatoms. The Bertz CT molecular complexity index is 592. The number of rotatable bonds is 4. The first-order valence-corrected chi connectivity index (χ1v) is 10.3. The van der Waals surface area contributed by atoms with Gasteiger partial charge in [0.1, 0.15) is 7.29 Å². The fourth-order valence-electron chi connectivity index (χ4n) is 1.88. The molecule has 0 aromatic heterocycles. The Hall–Kier alpha value is -1.14. The lowest BCUT2D eigenvalue weighted by molar-refractivity contribution is 0.571. The summed E-state index contributed by atoms with van der Waals surface area (Å²) >= 11 is 0. The van der Waals surface area contributed by atoms with E-state index in [1.54, 1.807) is 37.6 Å². The van der Waals surface area contributed by atoms with Crippen LogP contribution >= 0.6 is 14.6 Å². The maximum absolute atomic E-state index is 13.3. The maximum Gasteiger partial charge on any atom is 0.210 e. The molecule has 2 aromatic rings. The van der Waals surface area contributed by atoms with Crippen molar-refractivity contribution < 1.29 is 9.13 Å². The Balaban J connectivity index is 2.58. The predicted molar refractivity (Wildman–Crippen MR) is 82.3 cm³/mol. The van der Waals surface area contributed by atoms with Crippen LogP contribution in [-0.2, 0) is 9.13 Å². The second-order valence-corrected chi connectivity index (χ2v) is 10.5. The van der Waals surface area contributed by atoms with Crippen molar-refractivity contribution in [2.45, 2.75) is 0 Å². The van der Waals surface area contributed by atoms with Crippen LogP contribution in [0.1, 0.15) is 0 Å². The fraction of sp³-hybridized carbons (Fsp3) is 0.143. The van der Waals surface area contributed by atoms with Crippen molar-refractivity contribution in [2.24, 2.45) is 0 Å². The van der Waals surface area contributed by atoms with E-state index in [1.807, 2.05) is 36.4 Å². The molecule has 2 rings (SSSR count). The Morgan fingerprint density at radius 1 is 0.737 bits per heavy atom. The average Bonchev–Trinajstić information content (AvgIpc) is 2.39. The van der Waals surface area contributed by atoms with Gasteiger partial charge in [-0.1, -0.05) is 36.4 Å². The third-order valence-corrected chi connectivity index (χ3v) is 7.73. The van der Waals surface area contributed by atoms with Gasteiger partial charge in [0.25, 0.3) is 0 Å². The summed E-state index contributed by atoms with van der Waals surface area (Å²) < 4.78 is 25.4. The zero-order chi connectivity index (χ0) is 13.9. The first kappa shape index (κ1) is 14.3. The first-order valence-electron chi connectivity index (χ1n) is 5.98. The molecule has 0 spiro atoms. The Kier molecular flexibility index (Phi) is 4.10. The van der Waals surface area contributed by atoms with Gasteiger partial charge in [-0.3, -0.25) is 4.57 Å². The molecular weight excluding hydrogens is 276 g/mol. The van der Waals surface area contributed by atoms with Crippen molar-refractivity contribution >= 4 is 25.2 Å². The molecule has 0 radical (unpaired) electrons. The number of benzene rings is 2. The standard InChI is InChI=1S/C14H17NO2P2/c1-18(2,16)15-19(17,13-9-5-3-6-10-13)14-11-7-4-8-12-14/h3-12H,1-2H3,(H,15,16,17). The average molecular weight is 293 g/mol. The van der Waals surface area contributed by atoms with Gasteiger partial charge >= 0.3 is 0 Å². The van der Waals surface area contributed by atoms with Crippen LogP contribution in [-0.4, -0.2) is 13.3 Å². The zero-order valence-electron chi connectivity index (χ0n) is 11.0. The molecule has 0 saturated carbocycles. The highest BCUT2D eigenvalue weighted by Crippen LogP contribution is 2.49. The summed E-state index contributed by atoms with van der Waals surface area (Å²) in [7, 11) is -5.69. The molecule has 0 aliphatic carbocycles. The van der Waals surface area contributed by atoms with Crippen LogP contribution < -0.4 is 15.5 Å². The van der Waals surface area contributed by atoms with Gasteiger partial charge in [-0.15, -0.1) is 0 Å². The quantitative estimate of drug-likeness (QED) is 0.881. The minimum Gasteiger partial charge on any atom is -0.307 e. The van der Waals surface area contributed by atoms with Crippen LogP contribution in [0, 0.1) is 0 Å². The number of hydrogen-bond donors (Lipinski definition) is 1. The molecular formula is C14H17NO2P2. The molecule has 0 amide bonds. The van der Waals surface area contributed by atoms with E-state index < -0.39 is 14.6 Å². The SMILES string of the molecule is CP(C)(=O)NP(=O)(c1ccccc1)c1ccccc1. The molecule has 0 fully saturated rings. The summed E-state index contributed by atoms with van der Waals surface area (Å²) in [6, 6.07) is 18.3. The summed E-state index contributed by atoms with van der Waals surface area (Å²) in [5.41, 5.74) is 0. The van der Waals surface area contributed by atoms with E-state index in [0.717, 1.165) is 0 Å². The molecule has 0 atom stereocenters. The zero-order valence-corrected chi connectivity index (χ0v) is 12.8. The molecule has 100 valence electrons. The van der Waals surface area contributed by atoms with Crippen LogP contribution in [0.2, 0.25) is 0 Å². The van der Waals surface area contributed by atoms with Gasteiger partial charge in [-0.05, 0) is 24.3 Å². The van der Waals surface area contributed by atoms with Crippen LogP contribution in [0.3, 0.4) is 0 Å². The van der Waals surface area contributed by atoms with Crippen molar-refractivity contribution in [1.29, 1.82) is 0 Å². The second-order valence-electron chi connectivity index (χ2n) is 4.73. The Morgan fingerprint density at radius 3 is 1.42 bits per heavy atom. The van der Waals surface area contributed by atoms with Gasteiger partial charge < -0.3 is 4.57 Å². The van der Waals surface area contributed by atoms with Crippen molar-refractivity contribution in [2.75, 3.05) is 13.3 Å². The molecule has 0 saturated heterocycles.